The summed E-state index contributed by atoms with van der Waals surface area (Å²) in [5, 5.41) is 0. The van der Waals surface area contributed by atoms with E-state index < -0.39 is 0 Å². The lowest BCUT2D eigenvalue weighted by atomic mass is 9.78. The average molecular weight is 379 g/mol. The first-order valence-electron chi connectivity index (χ1n) is 10.7. The van der Waals surface area contributed by atoms with Gasteiger partial charge in [-0.05, 0) is 86.1 Å². The zero-order valence-corrected chi connectivity index (χ0v) is 17.4. The van der Waals surface area contributed by atoms with Crippen LogP contribution >= 0.6 is 0 Å². The molecule has 0 spiro atoms. The molecule has 0 saturated heterocycles. The minimum atomic E-state index is 0.726. The molecule has 28 heavy (non-hydrogen) atoms. The van der Waals surface area contributed by atoms with Gasteiger partial charge in [-0.15, -0.1) is 0 Å². The molecule has 0 heterocycles. The van der Waals surface area contributed by atoms with Gasteiger partial charge in [0.25, 0.3) is 0 Å². The number of hydrogen-bond donors (Lipinski definition) is 0. The normalized spacial score (nSPS) is 19.8. The maximum Gasteiger partial charge on any atom is 0.119 e. The molecular formula is C26H34O2. The SMILES string of the molecule is C/C=C/C1CCC(c2ccc(-c3ccc(OCCCCOC)cc3)cc2)CC1. The lowest BCUT2D eigenvalue weighted by molar-refractivity contribution is 0.184. The topological polar surface area (TPSA) is 18.5 Å². The average Bonchev–Trinajstić information content (AvgIpc) is 2.75. The minimum absolute atomic E-state index is 0.726. The fraction of sp³-hybridized carbons (Fsp3) is 0.462. The van der Waals surface area contributed by atoms with Crippen molar-refractivity contribution < 1.29 is 9.47 Å². The number of benzene rings is 2. The molecule has 1 aliphatic carbocycles. The van der Waals surface area contributed by atoms with Gasteiger partial charge in [-0.25, -0.2) is 0 Å². The second-order valence-corrected chi connectivity index (χ2v) is 7.83. The molecule has 2 heteroatoms. The number of hydrogen-bond acceptors (Lipinski definition) is 2. The van der Waals surface area contributed by atoms with Crippen LogP contribution in [0.15, 0.2) is 60.7 Å². The van der Waals surface area contributed by atoms with Crippen LogP contribution < -0.4 is 4.74 Å². The molecule has 1 aliphatic rings. The molecule has 0 radical (unpaired) electrons. The summed E-state index contributed by atoms with van der Waals surface area (Å²) in [5.41, 5.74) is 4.02. The Bertz CT molecular complexity index is 707. The standard InChI is InChI=1S/C26H34O2/c1-3-6-21-7-9-22(10-8-21)23-11-13-24(14-12-23)25-15-17-26(18-16-25)28-20-5-4-19-27-2/h3,6,11-18,21-22H,4-5,7-10,19-20H2,1-2H3/b6-3+. The Kier molecular flexibility index (Phi) is 8.17. The summed E-state index contributed by atoms with van der Waals surface area (Å²) in [6, 6.07) is 17.7. The molecule has 2 aromatic rings. The van der Waals surface area contributed by atoms with Crippen molar-refractivity contribution >= 4 is 0 Å². The first-order valence-corrected chi connectivity index (χ1v) is 10.7. The Morgan fingerprint density at radius 2 is 1.43 bits per heavy atom. The zero-order valence-electron chi connectivity index (χ0n) is 17.4. The first kappa shape index (κ1) is 20.7. The Hall–Kier alpha value is -2.06. The van der Waals surface area contributed by atoms with Gasteiger partial charge in [-0.1, -0.05) is 48.6 Å². The highest BCUT2D eigenvalue weighted by atomic mass is 16.5. The first-order chi connectivity index (χ1) is 13.8. The highest BCUT2D eigenvalue weighted by Crippen LogP contribution is 2.37. The largest absolute Gasteiger partial charge is 0.494 e. The van der Waals surface area contributed by atoms with Gasteiger partial charge >= 0.3 is 0 Å². The number of allylic oxidation sites excluding steroid dienone is 2. The van der Waals surface area contributed by atoms with Gasteiger partial charge in [0.15, 0.2) is 0 Å². The maximum absolute atomic E-state index is 5.81. The maximum atomic E-state index is 5.81. The number of rotatable bonds is 9. The van der Waals surface area contributed by atoms with E-state index in [2.05, 4.69) is 67.6 Å². The fourth-order valence-electron chi connectivity index (χ4n) is 4.15. The van der Waals surface area contributed by atoms with E-state index in [9.17, 15) is 0 Å². The highest BCUT2D eigenvalue weighted by molar-refractivity contribution is 5.64. The fourth-order valence-corrected chi connectivity index (χ4v) is 4.15. The summed E-state index contributed by atoms with van der Waals surface area (Å²) in [6.07, 6.45) is 11.9. The van der Waals surface area contributed by atoms with Gasteiger partial charge in [-0.3, -0.25) is 0 Å². The quantitative estimate of drug-likeness (QED) is 0.345. The monoisotopic (exact) mass is 378 g/mol. The van der Waals surface area contributed by atoms with Crippen LogP contribution in [0.3, 0.4) is 0 Å². The van der Waals surface area contributed by atoms with Crippen molar-refractivity contribution in [2.75, 3.05) is 20.3 Å². The van der Waals surface area contributed by atoms with Crippen LogP contribution in [0.4, 0.5) is 0 Å². The molecule has 0 bridgehead atoms. The summed E-state index contributed by atoms with van der Waals surface area (Å²) in [5.74, 6) is 2.46. The smallest absolute Gasteiger partial charge is 0.119 e. The third-order valence-electron chi connectivity index (χ3n) is 5.82. The van der Waals surface area contributed by atoms with Crippen molar-refractivity contribution in [1.82, 2.24) is 0 Å². The Balaban J connectivity index is 1.52. The van der Waals surface area contributed by atoms with Crippen molar-refractivity contribution in [1.29, 1.82) is 0 Å². The summed E-state index contributed by atoms with van der Waals surface area (Å²) in [4.78, 5) is 0. The molecule has 0 unspecified atom stereocenters. The van der Waals surface area contributed by atoms with Crippen LogP contribution in [0, 0.1) is 5.92 Å². The minimum Gasteiger partial charge on any atom is -0.494 e. The second kappa shape index (κ2) is 11.1. The molecule has 0 aromatic heterocycles. The Morgan fingerprint density at radius 1 is 0.821 bits per heavy atom. The molecule has 2 nitrogen and oxygen atoms in total. The van der Waals surface area contributed by atoms with Gasteiger partial charge in [0.2, 0.25) is 0 Å². The van der Waals surface area contributed by atoms with E-state index in [4.69, 9.17) is 9.47 Å². The lowest BCUT2D eigenvalue weighted by Gasteiger charge is -2.27. The summed E-state index contributed by atoms with van der Waals surface area (Å²) in [6.45, 7) is 3.68. The number of unbranched alkanes of at least 4 members (excludes halogenated alkanes) is 1. The summed E-state index contributed by atoms with van der Waals surface area (Å²) >= 11 is 0. The lowest BCUT2D eigenvalue weighted by Crippen LogP contribution is -2.11. The molecular weight excluding hydrogens is 344 g/mol. The van der Waals surface area contributed by atoms with Gasteiger partial charge in [0.1, 0.15) is 5.75 Å². The summed E-state index contributed by atoms with van der Waals surface area (Å²) < 4.78 is 10.9. The Labute approximate surface area is 170 Å². The van der Waals surface area contributed by atoms with Crippen LogP contribution in [0.5, 0.6) is 5.75 Å². The van der Waals surface area contributed by atoms with Crippen LogP contribution in [0.25, 0.3) is 11.1 Å². The highest BCUT2D eigenvalue weighted by Gasteiger charge is 2.20. The molecule has 0 atom stereocenters. The second-order valence-electron chi connectivity index (χ2n) is 7.83. The molecule has 3 rings (SSSR count). The molecule has 2 aromatic carbocycles. The van der Waals surface area contributed by atoms with Crippen molar-refractivity contribution in [3.05, 3.63) is 66.2 Å². The van der Waals surface area contributed by atoms with E-state index in [0.717, 1.165) is 43.6 Å². The van der Waals surface area contributed by atoms with Crippen molar-refractivity contribution in [2.45, 2.75) is 51.4 Å². The molecule has 150 valence electrons. The van der Waals surface area contributed by atoms with Gasteiger partial charge in [0.05, 0.1) is 6.61 Å². The van der Waals surface area contributed by atoms with E-state index in [1.165, 1.54) is 42.4 Å². The third-order valence-corrected chi connectivity index (χ3v) is 5.82. The van der Waals surface area contributed by atoms with E-state index in [1.54, 1.807) is 7.11 Å². The van der Waals surface area contributed by atoms with E-state index >= 15 is 0 Å². The van der Waals surface area contributed by atoms with Crippen molar-refractivity contribution in [3.63, 3.8) is 0 Å². The van der Waals surface area contributed by atoms with Gasteiger partial charge < -0.3 is 9.47 Å². The molecule has 0 N–H and O–H groups in total. The van der Waals surface area contributed by atoms with Gasteiger partial charge in [-0.2, -0.15) is 0 Å². The van der Waals surface area contributed by atoms with E-state index in [1.807, 2.05) is 0 Å². The predicted octanol–water partition coefficient (Wildman–Crippen LogP) is 7.01. The predicted molar refractivity (Wildman–Crippen MR) is 118 cm³/mol. The van der Waals surface area contributed by atoms with E-state index in [0.29, 0.717) is 0 Å². The molecule has 0 amide bonds. The van der Waals surface area contributed by atoms with Crippen LogP contribution in [-0.2, 0) is 4.74 Å². The molecule has 1 fully saturated rings. The van der Waals surface area contributed by atoms with Crippen molar-refractivity contribution in [2.24, 2.45) is 5.92 Å². The van der Waals surface area contributed by atoms with Crippen LogP contribution in [-0.4, -0.2) is 20.3 Å². The Morgan fingerprint density at radius 3 is 2.04 bits per heavy atom. The van der Waals surface area contributed by atoms with Crippen LogP contribution in [0.2, 0.25) is 0 Å². The van der Waals surface area contributed by atoms with Crippen LogP contribution in [0.1, 0.15) is 56.9 Å². The third kappa shape index (κ3) is 5.97. The number of methoxy groups -OCH3 is 1. The number of ether oxygens (including phenoxy) is 2. The zero-order chi connectivity index (χ0) is 19.6. The van der Waals surface area contributed by atoms with Crippen molar-refractivity contribution in [3.8, 4) is 16.9 Å². The van der Waals surface area contributed by atoms with Gasteiger partial charge in [0, 0.05) is 13.7 Å². The summed E-state index contributed by atoms with van der Waals surface area (Å²) in [7, 11) is 1.74. The van der Waals surface area contributed by atoms with E-state index in [-0.39, 0.29) is 0 Å². The molecule has 1 saturated carbocycles. The molecule has 0 aliphatic heterocycles.